The Labute approximate surface area is 289 Å². The van der Waals surface area contributed by atoms with Crippen LogP contribution in [0.1, 0.15) is 27.9 Å². The predicted octanol–water partition coefficient (Wildman–Crippen LogP) is 5.79. The van der Waals surface area contributed by atoms with E-state index in [0.717, 1.165) is 57.0 Å². The lowest BCUT2D eigenvalue weighted by Crippen LogP contribution is -2.38. The summed E-state index contributed by atoms with van der Waals surface area (Å²) < 4.78 is 15.0. The van der Waals surface area contributed by atoms with Crippen molar-refractivity contribution in [2.75, 3.05) is 19.8 Å². The van der Waals surface area contributed by atoms with Gasteiger partial charge in [-0.3, -0.25) is 0 Å². The summed E-state index contributed by atoms with van der Waals surface area (Å²) in [5, 5.41) is 16.3. The fourth-order valence-electron chi connectivity index (χ4n) is 5.64. The highest BCUT2D eigenvalue weighted by Gasteiger charge is 2.13. The third-order valence-electron chi connectivity index (χ3n) is 8.12. The van der Waals surface area contributed by atoms with Crippen molar-refractivity contribution in [1.29, 1.82) is 0 Å². The number of rotatable bonds is 11. The Morgan fingerprint density at radius 3 is 2.55 bits per heavy atom. The zero-order valence-electron chi connectivity index (χ0n) is 27.1. The van der Waals surface area contributed by atoms with E-state index in [0.29, 0.717) is 56.2 Å². The number of halogens is 1. The molecule has 0 amide bonds. The highest BCUT2D eigenvalue weighted by molar-refractivity contribution is 6.30. The Kier molecular flexibility index (Phi) is 9.79. The number of guanidine groups is 1. The van der Waals surface area contributed by atoms with Gasteiger partial charge in [-0.25, -0.2) is 24.3 Å². The lowest BCUT2D eigenvalue weighted by Gasteiger charge is -2.19. The van der Waals surface area contributed by atoms with Crippen LogP contribution in [0, 0.1) is 6.92 Å². The molecular formula is C37H36ClN9O2. The van der Waals surface area contributed by atoms with E-state index >= 15 is 0 Å². The van der Waals surface area contributed by atoms with Gasteiger partial charge in [-0.05, 0) is 59.4 Å². The van der Waals surface area contributed by atoms with Crippen molar-refractivity contribution in [3.8, 4) is 28.4 Å². The van der Waals surface area contributed by atoms with Crippen molar-refractivity contribution in [1.82, 2.24) is 40.2 Å². The normalized spacial score (nSPS) is 12.6. The van der Waals surface area contributed by atoms with Crippen molar-refractivity contribution < 1.29 is 9.47 Å². The summed E-state index contributed by atoms with van der Waals surface area (Å²) in [4.78, 5) is 13.8. The maximum atomic E-state index is 6.19. The molecular weight excluding hydrogens is 638 g/mol. The van der Waals surface area contributed by atoms with E-state index in [1.54, 1.807) is 29.7 Å². The Bertz CT molecular complexity index is 2040. The van der Waals surface area contributed by atoms with Crippen LogP contribution in [0.15, 0.2) is 109 Å². The number of pyridine rings is 1. The number of fused-ring (bicyclic) bond motifs is 1. The molecule has 0 bridgehead atoms. The van der Waals surface area contributed by atoms with Crippen molar-refractivity contribution in [3.63, 3.8) is 0 Å². The van der Waals surface area contributed by atoms with Crippen LogP contribution >= 0.6 is 11.6 Å². The van der Waals surface area contributed by atoms with E-state index in [4.69, 9.17) is 31.1 Å². The van der Waals surface area contributed by atoms with Gasteiger partial charge in [-0.1, -0.05) is 72.3 Å². The summed E-state index contributed by atoms with van der Waals surface area (Å²) in [5.41, 5.74) is 7.55. The van der Waals surface area contributed by atoms with Crippen LogP contribution in [0.25, 0.3) is 16.9 Å². The molecule has 2 N–H and O–H groups in total. The fourth-order valence-corrected chi connectivity index (χ4v) is 5.78. The first-order chi connectivity index (χ1) is 24.1. The Hall–Kier alpha value is -5.68. The molecule has 0 aliphatic carbocycles. The average molecular weight is 674 g/mol. The van der Waals surface area contributed by atoms with Gasteiger partial charge in [-0.2, -0.15) is 10.2 Å². The first-order valence-corrected chi connectivity index (χ1v) is 16.5. The standard InChI is InChI=1S/C37H36ClN9O2/c1-26-6-10-31(36(45-26)47-23-32(38)21-43-47)20-42-37(40-15-14-27-9-13-34-35(18-27)49-17-16-48-34)41-19-30-4-2-3-5-33(30)29-11-7-28(8-12-29)22-46-25-39-24-44-46/h2-13,18,21,23-25H,14-17,19-20,22H2,1H3,(H2,40,41,42). The van der Waals surface area contributed by atoms with Gasteiger partial charge in [0.15, 0.2) is 23.3 Å². The average Bonchev–Trinajstić information content (AvgIpc) is 3.82. The monoisotopic (exact) mass is 673 g/mol. The summed E-state index contributed by atoms with van der Waals surface area (Å²) in [6.07, 6.45) is 7.40. The third-order valence-corrected chi connectivity index (χ3v) is 8.32. The van der Waals surface area contributed by atoms with Crippen molar-refractivity contribution >= 4 is 17.6 Å². The molecule has 0 unspecified atom stereocenters. The molecule has 7 rings (SSSR count). The Balaban J connectivity index is 1.09. The van der Waals surface area contributed by atoms with Gasteiger partial charge in [0, 0.05) is 24.3 Å². The number of aryl methyl sites for hydroxylation is 1. The molecule has 3 aromatic heterocycles. The number of aliphatic imine (C=N–C) groups is 1. The van der Waals surface area contributed by atoms with Gasteiger partial charge in [0.25, 0.3) is 0 Å². The van der Waals surface area contributed by atoms with Gasteiger partial charge < -0.3 is 20.1 Å². The molecule has 49 heavy (non-hydrogen) atoms. The molecule has 0 fully saturated rings. The van der Waals surface area contributed by atoms with Crippen LogP contribution in [-0.4, -0.2) is 55.2 Å². The molecule has 1 aliphatic rings. The van der Waals surface area contributed by atoms with E-state index in [1.807, 2.05) is 35.9 Å². The second-order valence-corrected chi connectivity index (χ2v) is 12.1. The van der Waals surface area contributed by atoms with Crippen molar-refractivity contribution in [3.05, 3.63) is 137 Å². The minimum Gasteiger partial charge on any atom is -0.486 e. The first-order valence-electron chi connectivity index (χ1n) is 16.1. The third kappa shape index (κ3) is 8.07. The van der Waals surface area contributed by atoms with Gasteiger partial charge in [0.1, 0.15) is 25.9 Å². The van der Waals surface area contributed by atoms with E-state index in [-0.39, 0.29) is 0 Å². The summed E-state index contributed by atoms with van der Waals surface area (Å²) >= 11 is 6.19. The fraction of sp³-hybridized carbons (Fsp3) is 0.216. The Morgan fingerprint density at radius 2 is 1.73 bits per heavy atom. The number of aromatic nitrogens is 6. The number of benzene rings is 3. The van der Waals surface area contributed by atoms with E-state index < -0.39 is 0 Å². The zero-order chi connectivity index (χ0) is 33.4. The molecule has 12 heteroatoms. The van der Waals surface area contributed by atoms with Gasteiger partial charge in [0.2, 0.25) is 0 Å². The Morgan fingerprint density at radius 1 is 0.898 bits per heavy atom. The highest BCUT2D eigenvalue weighted by Crippen LogP contribution is 2.31. The molecule has 0 saturated carbocycles. The summed E-state index contributed by atoms with van der Waals surface area (Å²) in [5.74, 6) is 2.96. The summed E-state index contributed by atoms with van der Waals surface area (Å²) in [6.45, 7) is 5.37. The van der Waals surface area contributed by atoms with Crippen LogP contribution in [0.2, 0.25) is 5.02 Å². The first kappa shape index (κ1) is 31.9. The molecule has 0 spiro atoms. The largest absolute Gasteiger partial charge is 0.486 e. The van der Waals surface area contributed by atoms with Crippen molar-refractivity contribution in [2.24, 2.45) is 4.99 Å². The summed E-state index contributed by atoms with van der Waals surface area (Å²) in [6, 6.07) is 27.1. The maximum absolute atomic E-state index is 6.19. The number of ether oxygens (including phenoxy) is 2. The van der Waals surface area contributed by atoms with Crippen LogP contribution in [-0.2, 0) is 26.1 Å². The van der Waals surface area contributed by atoms with E-state index in [1.165, 1.54) is 0 Å². The highest BCUT2D eigenvalue weighted by atomic mass is 35.5. The van der Waals surface area contributed by atoms with E-state index in [2.05, 4.69) is 80.4 Å². The van der Waals surface area contributed by atoms with Crippen LogP contribution in [0.5, 0.6) is 11.5 Å². The SMILES string of the molecule is Cc1ccc(CN=C(NCCc2ccc3c(c2)OCCO3)NCc2ccccc2-c2ccc(Cn3cncn3)cc2)c(-n2cc(Cl)cn2)n1. The smallest absolute Gasteiger partial charge is 0.191 e. The lowest BCUT2D eigenvalue weighted by molar-refractivity contribution is 0.171. The number of hydrogen-bond donors (Lipinski definition) is 2. The molecule has 248 valence electrons. The molecule has 6 aromatic rings. The topological polar surface area (TPSA) is 116 Å². The number of nitrogens with one attached hydrogen (secondary N) is 2. The van der Waals surface area contributed by atoms with Crippen LogP contribution < -0.4 is 20.1 Å². The summed E-state index contributed by atoms with van der Waals surface area (Å²) in [7, 11) is 0. The van der Waals surface area contributed by atoms with Gasteiger partial charge >= 0.3 is 0 Å². The number of hydrogen-bond acceptors (Lipinski definition) is 7. The zero-order valence-corrected chi connectivity index (χ0v) is 27.8. The molecule has 3 aromatic carbocycles. The minimum absolute atomic E-state index is 0.383. The van der Waals surface area contributed by atoms with Crippen LogP contribution in [0.4, 0.5) is 0 Å². The van der Waals surface area contributed by atoms with Gasteiger partial charge in [0.05, 0.1) is 30.5 Å². The molecule has 4 heterocycles. The molecule has 0 atom stereocenters. The van der Waals surface area contributed by atoms with E-state index in [9.17, 15) is 0 Å². The molecule has 0 radical (unpaired) electrons. The predicted molar refractivity (Wildman–Crippen MR) is 189 cm³/mol. The number of nitrogens with zero attached hydrogens (tertiary/aromatic N) is 7. The molecule has 11 nitrogen and oxygen atoms in total. The van der Waals surface area contributed by atoms with Crippen LogP contribution in [0.3, 0.4) is 0 Å². The lowest BCUT2D eigenvalue weighted by atomic mass is 9.98. The minimum atomic E-state index is 0.383. The molecule has 1 aliphatic heterocycles. The quantitative estimate of drug-likeness (QED) is 0.131. The van der Waals surface area contributed by atoms with Crippen molar-refractivity contribution in [2.45, 2.75) is 33.0 Å². The second kappa shape index (κ2) is 15.0. The van der Waals surface area contributed by atoms with Gasteiger partial charge in [-0.15, -0.1) is 0 Å². The molecule has 0 saturated heterocycles. The maximum Gasteiger partial charge on any atom is 0.191 e. The second-order valence-electron chi connectivity index (χ2n) is 11.7.